The number of para-hydroxylation sites is 3. The van der Waals surface area contributed by atoms with Gasteiger partial charge in [0.15, 0.2) is 17.5 Å². The van der Waals surface area contributed by atoms with E-state index in [0.29, 0.717) is 28.9 Å². The molecule has 0 aliphatic rings. The topological polar surface area (TPSA) is 117 Å². The first-order valence-corrected chi connectivity index (χ1v) is 12.9. The van der Waals surface area contributed by atoms with E-state index in [0.717, 1.165) is 17.1 Å². The van der Waals surface area contributed by atoms with Crippen LogP contribution in [0.5, 0.6) is 0 Å². The average Bonchev–Trinajstić information content (AvgIpc) is 3.70. The third kappa shape index (κ3) is 5.46. The zero-order chi connectivity index (χ0) is 27.4. The van der Waals surface area contributed by atoms with Crippen LogP contribution < -0.4 is 11.1 Å². The number of quaternary nitrogens is 1. The first-order valence-electron chi connectivity index (χ1n) is 12.9. The van der Waals surface area contributed by atoms with Gasteiger partial charge in [-0.15, -0.1) is 0 Å². The first kappa shape index (κ1) is 25.1. The monoisotopic (exact) mass is 526 g/mol. The lowest BCUT2D eigenvalue weighted by molar-refractivity contribution is -0.496. The fourth-order valence-electron chi connectivity index (χ4n) is 4.18. The van der Waals surface area contributed by atoms with E-state index >= 15 is 0 Å². The van der Waals surface area contributed by atoms with E-state index in [2.05, 4.69) is 0 Å². The molecule has 0 bridgehead atoms. The van der Waals surface area contributed by atoms with Crippen molar-refractivity contribution in [3.8, 4) is 34.4 Å². The number of rotatable bonds is 8. The van der Waals surface area contributed by atoms with Gasteiger partial charge in [-0.2, -0.15) is 10.2 Å². The Morgan fingerprint density at radius 1 is 0.650 bits per heavy atom. The van der Waals surface area contributed by atoms with Gasteiger partial charge in [-0.1, -0.05) is 54.6 Å². The van der Waals surface area contributed by atoms with Crippen molar-refractivity contribution in [2.45, 2.75) is 12.5 Å². The molecule has 1 atom stereocenters. The van der Waals surface area contributed by atoms with Crippen molar-refractivity contribution in [1.82, 2.24) is 34.5 Å². The molecule has 9 nitrogen and oxygen atoms in total. The lowest BCUT2D eigenvalue weighted by Gasteiger charge is -2.18. The minimum Gasteiger partial charge on any atom is -0.316 e. The maximum absolute atomic E-state index is 6.78. The molecule has 0 saturated heterocycles. The Morgan fingerprint density at radius 2 is 1.12 bits per heavy atom. The Balaban J connectivity index is 1.39. The van der Waals surface area contributed by atoms with E-state index in [1.165, 1.54) is 0 Å². The molecule has 6 aromatic rings. The van der Waals surface area contributed by atoms with Crippen LogP contribution >= 0.6 is 0 Å². The standard InChI is InChI=1S/C31H27N9/c1-31(32,19-20-33-23-11-5-2-6-12-23)30-35-28(26-17-21-39(37-26)24-13-7-3-8-14-24)34-29(36-30)27-18-22-40(38-27)25-15-9-4-10-16-25/h2-22,33H,32H2,1H3/p+1. The highest BCUT2D eigenvalue weighted by Gasteiger charge is 2.26. The van der Waals surface area contributed by atoms with E-state index in [4.69, 9.17) is 30.9 Å². The van der Waals surface area contributed by atoms with Crippen molar-refractivity contribution in [3.05, 3.63) is 134 Å². The Hall–Kier alpha value is -5.25. The fourth-order valence-corrected chi connectivity index (χ4v) is 4.18. The van der Waals surface area contributed by atoms with Crippen molar-refractivity contribution in [3.63, 3.8) is 0 Å². The number of hydrogen-bond donors (Lipinski definition) is 2. The van der Waals surface area contributed by atoms with Crippen molar-refractivity contribution in [2.75, 3.05) is 0 Å². The quantitative estimate of drug-likeness (QED) is 0.288. The molecule has 6 rings (SSSR count). The number of benzene rings is 3. The molecule has 0 spiro atoms. The highest BCUT2D eigenvalue weighted by atomic mass is 15.3. The Labute approximate surface area is 231 Å². The van der Waals surface area contributed by atoms with E-state index in [1.54, 1.807) is 9.36 Å². The minimum absolute atomic E-state index is 0.411. The predicted octanol–water partition coefficient (Wildman–Crippen LogP) is 4.16. The van der Waals surface area contributed by atoms with Gasteiger partial charge in [-0.3, -0.25) is 5.32 Å². The molecule has 3 aromatic carbocycles. The summed E-state index contributed by atoms with van der Waals surface area (Å²) < 4.78 is 3.58. The summed E-state index contributed by atoms with van der Waals surface area (Å²) >= 11 is 0. The predicted molar refractivity (Wildman–Crippen MR) is 154 cm³/mol. The number of nitrogens with two attached hydrogens (primary N) is 2. The lowest BCUT2D eigenvalue weighted by atomic mass is 10.0. The highest BCUT2D eigenvalue weighted by Crippen LogP contribution is 2.24. The summed E-state index contributed by atoms with van der Waals surface area (Å²) in [5.74, 6) is 1.25. The fraction of sp³-hybridized carbons (Fsp3) is 0.0645. The molecule has 4 N–H and O–H groups in total. The van der Waals surface area contributed by atoms with E-state index < -0.39 is 5.54 Å². The van der Waals surface area contributed by atoms with Crippen LogP contribution in [0.25, 0.3) is 34.4 Å². The molecule has 1 unspecified atom stereocenters. The molecular formula is C31H28N9+. The molecule has 196 valence electrons. The number of hydrogen-bond acceptors (Lipinski definition) is 6. The molecule has 3 aromatic heterocycles. The lowest BCUT2D eigenvalue weighted by Crippen LogP contribution is -2.71. The molecule has 40 heavy (non-hydrogen) atoms. The molecule has 0 saturated carbocycles. The normalized spacial score (nSPS) is 12.9. The number of aromatic nitrogens is 7. The van der Waals surface area contributed by atoms with Gasteiger partial charge in [0.2, 0.25) is 0 Å². The van der Waals surface area contributed by atoms with Crippen LogP contribution in [0.15, 0.2) is 128 Å². The third-order valence-electron chi connectivity index (χ3n) is 6.33. The second kappa shape index (κ2) is 10.9. The summed E-state index contributed by atoms with van der Waals surface area (Å²) in [6.45, 7) is 1.87. The maximum Gasteiger partial charge on any atom is 0.184 e. The zero-order valence-electron chi connectivity index (χ0n) is 21.9. The molecule has 0 aliphatic carbocycles. The third-order valence-corrected chi connectivity index (χ3v) is 6.33. The van der Waals surface area contributed by atoms with Crippen LogP contribution in [-0.2, 0) is 5.54 Å². The Morgan fingerprint density at radius 3 is 1.62 bits per heavy atom. The van der Waals surface area contributed by atoms with Crippen LogP contribution in [0.4, 0.5) is 5.69 Å². The van der Waals surface area contributed by atoms with Gasteiger partial charge in [0.25, 0.3) is 0 Å². The first-order chi connectivity index (χ1) is 19.5. The van der Waals surface area contributed by atoms with E-state index in [1.807, 2.05) is 140 Å². The smallest absolute Gasteiger partial charge is 0.184 e. The maximum atomic E-state index is 6.78. The average molecular weight is 527 g/mol. The summed E-state index contributed by atoms with van der Waals surface area (Å²) in [5, 5.41) is 11.5. The van der Waals surface area contributed by atoms with Crippen molar-refractivity contribution in [2.24, 2.45) is 5.73 Å². The van der Waals surface area contributed by atoms with Gasteiger partial charge >= 0.3 is 0 Å². The van der Waals surface area contributed by atoms with Crippen LogP contribution in [0.1, 0.15) is 12.7 Å². The van der Waals surface area contributed by atoms with Crippen molar-refractivity contribution in [1.29, 1.82) is 0 Å². The second-order valence-electron chi connectivity index (χ2n) is 9.49. The van der Waals surface area contributed by atoms with Gasteiger partial charge in [0.1, 0.15) is 17.1 Å². The summed E-state index contributed by atoms with van der Waals surface area (Å²) in [6.07, 6.45) is 7.57. The molecule has 3 heterocycles. The summed E-state index contributed by atoms with van der Waals surface area (Å²) in [6, 6.07) is 33.6. The highest BCUT2D eigenvalue weighted by molar-refractivity contribution is 5.56. The van der Waals surface area contributed by atoms with Crippen LogP contribution in [0.3, 0.4) is 0 Å². The number of nitrogens with zero attached hydrogens (tertiary/aromatic N) is 7. The second-order valence-corrected chi connectivity index (χ2v) is 9.49. The van der Waals surface area contributed by atoms with Gasteiger partial charge in [0, 0.05) is 12.4 Å². The van der Waals surface area contributed by atoms with Crippen molar-refractivity contribution >= 4 is 5.69 Å². The Kier molecular flexibility index (Phi) is 6.80. The van der Waals surface area contributed by atoms with Gasteiger partial charge in [-0.05, 0) is 61.5 Å². The molecular weight excluding hydrogens is 498 g/mol. The summed E-state index contributed by atoms with van der Waals surface area (Å²) in [5.41, 5.74) is 9.95. The van der Waals surface area contributed by atoms with Gasteiger partial charge in [-0.25, -0.2) is 24.3 Å². The van der Waals surface area contributed by atoms with Gasteiger partial charge < -0.3 is 5.73 Å². The van der Waals surface area contributed by atoms with Crippen LogP contribution in [0, 0.1) is 0 Å². The summed E-state index contributed by atoms with van der Waals surface area (Å²) in [7, 11) is 0. The molecule has 0 amide bonds. The minimum atomic E-state index is -0.984. The summed E-state index contributed by atoms with van der Waals surface area (Å²) in [4.78, 5) is 14.3. The van der Waals surface area contributed by atoms with E-state index in [9.17, 15) is 0 Å². The zero-order valence-corrected chi connectivity index (χ0v) is 21.9. The molecule has 9 heteroatoms. The molecule has 0 fully saturated rings. The molecule has 0 aliphatic heterocycles. The SMILES string of the molecule is CC(N)(C=C[NH2+]c1ccccc1)c1nc(-c2ccn(-c3ccccc3)n2)nc(-c2ccn(-c3ccccc3)n2)n1. The van der Waals surface area contributed by atoms with Crippen LogP contribution in [-0.4, -0.2) is 34.5 Å². The largest absolute Gasteiger partial charge is 0.316 e. The van der Waals surface area contributed by atoms with E-state index in [-0.39, 0.29) is 0 Å². The molecule has 0 radical (unpaired) electrons. The Bertz CT molecular complexity index is 1640. The van der Waals surface area contributed by atoms with Gasteiger partial charge in [0.05, 0.1) is 23.1 Å². The van der Waals surface area contributed by atoms with Crippen LogP contribution in [0.2, 0.25) is 0 Å². The van der Waals surface area contributed by atoms with Crippen molar-refractivity contribution < 1.29 is 5.32 Å².